The van der Waals surface area contributed by atoms with Crippen molar-refractivity contribution in [3.63, 3.8) is 0 Å². The Morgan fingerprint density at radius 3 is 2.47 bits per heavy atom. The Labute approximate surface area is 112 Å². The largest absolute Gasteiger partial charge is 0.396 e. The lowest BCUT2D eigenvalue weighted by Crippen LogP contribution is -2.30. The first kappa shape index (κ1) is 13.1. The summed E-state index contributed by atoms with van der Waals surface area (Å²) >= 11 is 3.44. The predicted octanol–water partition coefficient (Wildman–Crippen LogP) is 2.70. The van der Waals surface area contributed by atoms with Crippen molar-refractivity contribution in [3.8, 4) is 0 Å². The standard InChI is InChI=1S/C14H20BrNO/c1-16(10-14(11-17)7-8-14)9-6-12-2-4-13(15)5-3-12/h2-5,17H,6-11H2,1H3. The monoisotopic (exact) mass is 297 g/mol. The molecule has 1 aliphatic rings. The highest BCUT2D eigenvalue weighted by molar-refractivity contribution is 9.10. The van der Waals surface area contributed by atoms with Gasteiger partial charge in [-0.15, -0.1) is 0 Å². The summed E-state index contributed by atoms with van der Waals surface area (Å²) in [4.78, 5) is 2.34. The summed E-state index contributed by atoms with van der Waals surface area (Å²) in [6, 6.07) is 8.50. The first-order chi connectivity index (χ1) is 8.13. The van der Waals surface area contributed by atoms with Crippen LogP contribution >= 0.6 is 15.9 Å². The molecule has 1 fully saturated rings. The normalized spacial score (nSPS) is 17.4. The molecule has 3 heteroatoms. The second-order valence-corrected chi connectivity index (χ2v) is 6.19. The fourth-order valence-electron chi connectivity index (χ4n) is 2.17. The molecule has 0 unspecified atom stereocenters. The van der Waals surface area contributed by atoms with Gasteiger partial charge in [0, 0.05) is 29.6 Å². The molecule has 0 amide bonds. The SMILES string of the molecule is CN(CCc1ccc(Br)cc1)CC1(CO)CC1. The zero-order valence-corrected chi connectivity index (χ0v) is 11.9. The Hall–Kier alpha value is -0.380. The van der Waals surface area contributed by atoms with Gasteiger partial charge in [-0.1, -0.05) is 28.1 Å². The van der Waals surface area contributed by atoms with E-state index in [0.717, 1.165) is 24.0 Å². The maximum atomic E-state index is 9.29. The van der Waals surface area contributed by atoms with Crippen molar-refractivity contribution in [3.05, 3.63) is 34.3 Å². The number of hydrogen-bond donors (Lipinski definition) is 1. The number of rotatable bonds is 6. The van der Waals surface area contributed by atoms with Crippen LogP contribution in [-0.2, 0) is 6.42 Å². The minimum Gasteiger partial charge on any atom is -0.396 e. The second kappa shape index (κ2) is 5.51. The number of benzene rings is 1. The number of nitrogens with zero attached hydrogens (tertiary/aromatic N) is 1. The van der Waals surface area contributed by atoms with Crippen LogP contribution in [0.4, 0.5) is 0 Å². The van der Waals surface area contributed by atoms with Gasteiger partial charge in [-0.25, -0.2) is 0 Å². The average Bonchev–Trinajstić information content (AvgIpc) is 3.09. The lowest BCUT2D eigenvalue weighted by Gasteiger charge is -2.22. The molecule has 94 valence electrons. The van der Waals surface area contributed by atoms with Gasteiger partial charge in [0.05, 0.1) is 0 Å². The lowest BCUT2D eigenvalue weighted by molar-refractivity contribution is 0.165. The number of halogens is 1. The molecule has 0 heterocycles. The Kier molecular flexibility index (Phi) is 4.23. The maximum absolute atomic E-state index is 9.29. The van der Waals surface area contributed by atoms with Crippen molar-refractivity contribution in [2.75, 3.05) is 26.7 Å². The van der Waals surface area contributed by atoms with Crippen molar-refractivity contribution in [2.24, 2.45) is 5.41 Å². The van der Waals surface area contributed by atoms with E-state index in [1.165, 1.54) is 18.4 Å². The summed E-state index contributed by atoms with van der Waals surface area (Å²) < 4.78 is 1.13. The summed E-state index contributed by atoms with van der Waals surface area (Å²) in [5.41, 5.74) is 1.60. The molecule has 17 heavy (non-hydrogen) atoms. The highest BCUT2D eigenvalue weighted by Crippen LogP contribution is 2.45. The van der Waals surface area contributed by atoms with Crippen molar-refractivity contribution in [1.82, 2.24) is 4.90 Å². The van der Waals surface area contributed by atoms with E-state index < -0.39 is 0 Å². The maximum Gasteiger partial charge on any atom is 0.0499 e. The molecule has 0 aromatic heterocycles. The van der Waals surface area contributed by atoms with E-state index >= 15 is 0 Å². The fourth-order valence-corrected chi connectivity index (χ4v) is 2.43. The van der Waals surface area contributed by atoms with Gasteiger partial charge < -0.3 is 10.0 Å². The van der Waals surface area contributed by atoms with Crippen molar-refractivity contribution < 1.29 is 5.11 Å². The lowest BCUT2D eigenvalue weighted by atomic mass is 10.1. The molecule has 0 atom stereocenters. The molecule has 0 bridgehead atoms. The van der Waals surface area contributed by atoms with Gasteiger partial charge in [-0.2, -0.15) is 0 Å². The van der Waals surface area contributed by atoms with Crippen LogP contribution in [0.3, 0.4) is 0 Å². The molecule has 1 aliphatic carbocycles. The van der Waals surface area contributed by atoms with Gasteiger partial charge in [0.15, 0.2) is 0 Å². The van der Waals surface area contributed by atoms with Crippen LogP contribution in [0.1, 0.15) is 18.4 Å². The number of aliphatic hydroxyl groups is 1. The van der Waals surface area contributed by atoms with Crippen LogP contribution in [0.25, 0.3) is 0 Å². The molecule has 0 aliphatic heterocycles. The minimum atomic E-state index is 0.231. The van der Waals surface area contributed by atoms with Crippen LogP contribution in [-0.4, -0.2) is 36.8 Å². The Bertz CT molecular complexity index is 359. The molecule has 1 aromatic rings. The summed E-state index contributed by atoms with van der Waals surface area (Å²) in [6.07, 6.45) is 3.45. The number of hydrogen-bond acceptors (Lipinski definition) is 2. The molecular weight excluding hydrogens is 278 g/mol. The first-order valence-electron chi connectivity index (χ1n) is 6.17. The zero-order chi connectivity index (χ0) is 12.3. The Balaban J connectivity index is 1.76. The number of likely N-dealkylation sites (N-methyl/N-ethyl adjacent to an activating group) is 1. The van der Waals surface area contributed by atoms with Gasteiger partial charge in [0.2, 0.25) is 0 Å². The molecular formula is C14H20BrNO. The van der Waals surface area contributed by atoms with Crippen LogP contribution in [0.15, 0.2) is 28.7 Å². The Morgan fingerprint density at radius 1 is 1.29 bits per heavy atom. The van der Waals surface area contributed by atoms with Crippen molar-refractivity contribution >= 4 is 15.9 Å². The molecule has 2 rings (SSSR count). The zero-order valence-electron chi connectivity index (χ0n) is 10.3. The molecule has 1 aromatic carbocycles. The van der Waals surface area contributed by atoms with Gasteiger partial charge in [0.25, 0.3) is 0 Å². The van der Waals surface area contributed by atoms with Crippen LogP contribution in [0, 0.1) is 5.41 Å². The summed E-state index contributed by atoms with van der Waals surface area (Å²) in [5.74, 6) is 0. The van der Waals surface area contributed by atoms with E-state index in [1.54, 1.807) is 0 Å². The topological polar surface area (TPSA) is 23.5 Å². The quantitative estimate of drug-likeness (QED) is 0.873. The predicted molar refractivity (Wildman–Crippen MR) is 74.1 cm³/mol. The summed E-state index contributed by atoms with van der Waals surface area (Å²) in [5, 5.41) is 9.29. The van der Waals surface area contributed by atoms with Gasteiger partial charge in [-0.3, -0.25) is 0 Å². The van der Waals surface area contributed by atoms with Crippen LogP contribution < -0.4 is 0 Å². The van der Waals surface area contributed by atoms with Crippen molar-refractivity contribution in [1.29, 1.82) is 0 Å². The Morgan fingerprint density at radius 2 is 1.94 bits per heavy atom. The van der Waals surface area contributed by atoms with E-state index in [2.05, 4.69) is 52.1 Å². The third-order valence-corrected chi connectivity index (χ3v) is 4.12. The molecule has 1 saturated carbocycles. The van der Waals surface area contributed by atoms with E-state index in [1.807, 2.05) is 0 Å². The van der Waals surface area contributed by atoms with Crippen LogP contribution in [0.2, 0.25) is 0 Å². The summed E-state index contributed by atoms with van der Waals surface area (Å²) in [6.45, 7) is 2.43. The molecule has 0 radical (unpaired) electrons. The third-order valence-electron chi connectivity index (χ3n) is 3.59. The number of aliphatic hydroxyl groups excluding tert-OH is 1. The van der Waals surface area contributed by atoms with E-state index in [0.29, 0.717) is 6.61 Å². The molecule has 1 N–H and O–H groups in total. The highest BCUT2D eigenvalue weighted by atomic mass is 79.9. The molecule has 2 nitrogen and oxygen atoms in total. The summed E-state index contributed by atoms with van der Waals surface area (Å²) in [7, 11) is 2.15. The fraction of sp³-hybridized carbons (Fsp3) is 0.571. The average molecular weight is 298 g/mol. The second-order valence-electron chi connectivity index (χ2n) is 5.27. The minimum absolute atomic E-state index is 0.231. The molecule has 0 spiro atoms. The highest BCUT2D eigenvalue weighted by Gasteiger charge is 2.42. The van der Waals surface area contributed by atoms with Gasteiger partial charge >= 0.3 is 0 Å². The van der Waals surface area contributed by atoms with Crippen molar-refractivity contribution in [2.45, 2.75) is 19.3 Å². The third kappa shape index (κ3) is 3.80. The smallest absolute Gasteiger partial charge is 0.0499 e. The molecule has 0 saturated heterocycles. The van der Waals surface area contributed by atoms with E-state index in [-0.39, 0.29) is 5.41 Å². The first-order valence-corrected chi connectivity index (χ1v) is 6.97. The van der Waals surface area contributed by atoms with E-state index in [4.69, 9.17) is 0 Å². The van der Waals surface area contributed by atoms with E-state index in [9.17, 15) is 5.11 Å². The van der Waals surface area contributed by atoms with Gasteiger partial charge in [0.1, 0.15) is 0 Å². The van der Waals surface area contributed by atoms with Crippen LogP contribution in [0.5, 0.6) is 0 Å². The van der Waals surface area contributed by atoms with Gasteiger partial charge in [-0.05, 0) is 44.0 Å².